The summed E-state index contributed by atoms with van der Waals surface area (Å²) in [6.07, 6.45) is 0. The molecule has 1 unspecified atom stereocenters. The van der Waals surface area contributed by atoms with Gasteiger partial charge in [0.1, 0.15) is 11.2 Å². The van der Waals surface area contributed by atoms with Gasteiger partial charge in [-0.05, 0) is 101 Å². The molecular formula is C47H32O. The van der Waals surface area contributed by atoms with Gasteiger partial charge in [-0.25, -0.2) is 0 Å². The topological polar surface area (TPSA) is 13.1 Å². The van der Waals surface area contributed by atoms with E-state index in [4.69, 9.17) is 26.3 Å². The average molecular weight is 642 g/mol. The van der Waals surface area contributed by atoms with Gasteiger partial charge in [0.2, 0.25) is 0 Å². The summed E-state index contributed by atoms with van der Waals surface area (Å²) in [7, 11) is 0. The Morgan fingerprint density at radius 1 is 0.438 bits per heavy atom. The molecule has 226 valence electrons. The quantitative estimate of drug-likeness (QED) is 0.175. The van der Waals surface area contributed by atoms with Gasteiger partial charge in [-0.3, -0.25) is 0 Å². The number of hydrogen-bond donors (Lipinski definition) is 0. The Bertz CT molecular complexity index is 4230. The number of furan rings is 1. The zero-order valence-electron chi connectivity index (χ0n) is 53.4. The van der Waals surface area contributed by atoms with Crippen molar-refractivity contribution in [2.45, 2.75) is 19.2 Å². The van der Waals surface area contributed by atoms with Crippen molar-refractivity contribution in [2.75, 3.05) is 0 Å². The highest BCUT2D eigenvalue weighted by Crippen LogP contribution is 2.50. The van der Waals surface area contributed by atoms with Crippen LogP contribution < -0.4 is 0 Å². The van der Waals surface area contributed by atoms with Crippen LogP contribution in [0, 0.1) is 0 Å². The molecule has 1 heteroatoms. The second-order valence-electron chi connectivity index (χ2n) is 11.1. The molecule has 0 aliphatic heterocycles. The van der Waals surface area contributed by atoms with Crippen molar-refractivity contribution in [1.29, 1.82) is 0 Å². The van der Waals surface area contributed by atoms with E-state index in [1.807, 2.05) is 0 Å². The molecule has 8 aromatic carbocycles. The second kappa shape index (κ2) is 10.0. The second-order valence-corrected chi connectivity index (χ2v) is 11.1. The highest BCUT2D eigenvalue weighted by Gasteiger charge is 2.35. The van der Waals surface area contributed by atoms with Crippen molar-refractivity contribution < 1.29 is 44.2 Å². The fourth-order valence-corrected chi connectivity index (χ4v) is 6.21. The molecule has 10 rings (SSSR count). The minimum atomic E-state index is -3.25. The maximum Gasteiger partial charge on any atom is 0.135 e. The number of benzene rings is 8. The molecule has 0 bridgehead atoms. The SMILES string of the molecule is [2H]c1c([2H])c([2H])c2c(c1[2H])-c1c([2H])c([2H])c(-c3c([2H])c([2H])c(-c4c5c([2H])c([2H])c([2H])c([2H])c5c(-c5c([2H])c([2H])c6oc7c([2H])c([2H])c([2H])c([2H])c7c6c5[2H])c5c([2H])c([2H])c([2H])c([2H])c45)c([2H])c3[2H])c([2H])c1C2(C)C([2H])([2H])[2H]. The maximum atomic E-state index is 9.65. The number of rotatable bonds is 3. The van der Waals surface area contributed by atoms with Crippen molar-refractivity contribution in [3.05, 3.63) is 168 Å². The van der Waals surface area contributed by atoms with Crippen molar-refractivity contribution >= 4 is 43.5 Å². The van der Waals surface area contributed by atoms with Crippen LogP contribution in [-0.2, 0) is 5.41 Å². The maximum absolute atomic E-state index is 9.65. The summed E-state index contributed by atoms with van der Waals surface area (Å²) in [5, 5.41) is -3.92. The lowest BCUT2D eigenvalue weighted by Crippen LogP contribution is -2.14. The van der Waals surface area contributed by atoms with Gasteiger partial charge < -0.3 is 4.42 Å². The first-order valence-electron chi connectivity index (χ1n) is 28.9. The monoisotopic (exact) mass is 641 g/mol. The minimum Gasteiger partial charge on any atom is -0.456 e. The zero-order chi connectivity index (χ0) is 57.1. The molecule has 1 atom stereocenters. The Hall–Kier alpha value is -5.92. The molecule has 1 aliphatic carbocycles. The molecule has 48 heavy (non-hydrogen) atoms. The molecule has 1 aromatic heterocycles. The summed E-state index contributed by atoms with van der Waals surface area (Å²) in [5.41, 5.74) is -10.7. The normalized spacial score (nSPS) is 24.1. The standard InChI is InChI=1S/C47H32O/c1-47(2)41-17-9-7-11-33(41)34-25-23-31(28-42(34)47)29-19-21-30(22-20-29)45-36-13-3-5-15-38(36)46(39-16-6-4-14-37(39)45)32-24-26-44-40(27-32)35-12-8-10-18-43(35)48-44/h3-28H,1-2H3/i1D3,3D,4D,5D,6D,7D,8D,9D,10D,11D,12D,13D,14D,15D,16D,17D,18D,19D,20D,21D,22D,23D,24D,25D,26D,27D,28D. The lowest BCUT2D eigenvalue weighted by atomic mass is 9.81. The van der Waals surface area contributed by atoms with Crippen LogP contribution in [0.5, 0.6) is 0 Å². The minimum absolute atomic E-state index is 0.435. The van der Waals surface area contributed by atoms with Gasteiger partial charge in [0.25, 0.3) is 0 Å². The van der Waals surface area contributed by atoms with E-state index in [1.165, 1.54) is 0 Å². The van der Waals surface area contributed by atoms with Crippen molar-refractivity contribution in [3.8, 4) is 44.5 Å². The largest absolute Gasteiger partial charge is 0.456 e. The summed E-state index contributed by atoms with van der Waals surface area (Å²) in [6.45, 7) is -2.20. The third-order valence-electron chi connectivity index (χ3n) is 8.39. The first-order valence-corrected chi connectivity index (χ1v) is 14.4. The van der Waals surface area contributed by atoms with Crippen molar-refractivity contribution in [3.63, 3.8) is 0 Å². The molecule has 1 aliphatic rings. The van der Waals surface area contributed by atoms with Gasteiger partial charge in [0.15, 0.2) is 0 Å². The predicted octanol–water partition coefficient (Wildman–Crippen LogP) is 13.2. The molecule has 0 saturated carbocycles. The summed E-state index contributed by atoms with van der Waals surface area (Å²) >= 11 is 0. The summed E-state index contributed by atoms with van der Waals surface area (Å²) in [5.74, 6) is 0. The van der Waals surface area contributed by atoms with E-state index < -0.39 is 268 Å². The van der Waals surface area contributed by atoms with Gasteiger partial charge in [-0.15, -0.1) is 0 Å². The Morgan fingerprint density at radius 2 is 0.958 bits per heavy atom. The highest BCUT2D eigenvalue weighted by molar-refractivity contribution is 6.22. The number of hydrogen-bond acceptors (Lipinski definition) is 1. The molecule has 0 amide bonds. The van der Waals surface area contributed by atoms with Gasteiger partial charge >= 0.3 is 0 Å². The zero-order valence-corrected chi connectivity index (χ0v) is 24.4. The van der Waals surface area contributed by atoms with Crippen molar-refractivity contribution in [1.82, 2.24) is 0 Å². The van der Waals surface area contributed by atoms with Crippen LogP contribution >= 0.6 is 0 Å². The van der Waals surface area contributed by atoms with Crippen LogP contribution in [-0.4, -0.2) is 0 Å². The molecule has 1 heterocycles. The lowest BCUT2D eigenvalue weighted by molar-refractivity contribution is 0.660. The Morgan fingerprint density at radius 3 is 1.67 bits per heavy atom. The van der Waals surface area contributed by atoms with E-state index in [0.717, 1.165) is 6.92 Å². The van der Waals surface area contributed by atoms with E-state index >= 15 is 0 Å². The first kappa shape index (κ1) is 11.1. The summed E-state index contributed by atoms with van der Waals surface area (Å²) in [4.78, 5) is 0. The van der Waals surface area contributed by atoms with E-state index in [0.29, 0.717) is 0 Å². The average Bonchev–Trinajstić information content (AvgIpc) is 3.93. The Balaban J connectivity index is 1.40. The summed E-state index contributed by atoms with van der Waals surface area (Å²) in [6, 6.07) is -24.4. The third-order valence-corrected chi connectivity index (χ3v) is 8.39. The molecule has 0 saturated heterocycles. The van der Waals surface area contributed by atoms with Crippen LogP contribution in [0.1, 0.15) is 64.7 Å². The highest BCUT2D eigenvalue weighted by atomic mass is 16.3. The van der Waals surface area contributed by atoms with Crippen LogP contribution in [0.3, 0.4) is 0 Å². The molecule has 0 radical (unpaired) electrons. The molecule has 1 nitrogen and oxygen atoms in total. The number of fused-ring (bicyclic) bond motifs is 8. The van der Waals surface area contributed by atoms with Gasteiger partial charge in [-0.2, -0.15) is 0 Å². The molecule has 9 aromatic rings. The van der Waals surface area contributed by atoms with Gasteiger partial charge in [0, 0.05) is 20.3 Å². The first-order chi connectivity index (χ1) is 35.7. The van der Waals surface area contributed by atoms with E-state index in [2.05, 4.69) is 0 Å². The molecule has 0 fully saturated rings. The predicted molar refractivity (Wildman–Crippen MR) is 203 cm³/mol. The smallest absolute Gasteiger partial charge is 0.135 e. The van der Waals surface area contributed by atoms with Crippen LogP contribution in [0.4, 0.5) is 0 Å². The van der Waals surface area contributed by atoms with Gasteiger partial charge in [-0.1, -0.05) is 147 Å². The molecule has 0 N–H and O–H groups in total. The molecular weight excluding hydrogens is 581 g/mol. The van der Waals surface area contributed by atoms with Gasteiger partial charge in [0.05, 0.1) is 35.6 Å². The van der Waals surface area contributed by atoms with Crippen LogP contribution in [0.25, 0.3) is 88.0 Å². The Labute approximate surface area is 320 Å². The van der Waals surface area contributed by atoms with E-state index in [-0.39, 0.29) is 0 Å². The van der Waals surface area contributed by atoms with Crippen LogP contribution in [0.2, 0.25) is 0 Å². The van der Waals surface area contributed by atoms with Crippen LogP contribution in [0.15, 0.2) is 162 Å². The summed E-state index contributed by atoms with van der Waals surface area (Å²) < 4.78 is 267. The lowest BCUT2D eigenvalue weighted by Gasteiger charge is -2.22. The van der Waals surface area contributed by atoms with Crippen molar-refractivity contribution in [2.24, 2.45) is 0 Å². The fraction of sp³-hybridized carbons (Fsp3) is 0.0638. The fourth-order valence-electron chi connectivity index (χ4n) is 6.21. The van der Waals surface area contributed by atoms with E-state index in [9.17, 15) is 17.8 Å². The number of para-hydroxylation sites is 1. The Kier molecular flexibility index (Phi) is 2.32. The molecule has 0 spiro atoms. The third kappa shape index (κ3) is 3.85. The van der Waals surface area contributed by atoms with E-state index in [1.54, 1.807) is 0 Å².